The van der Waals surface area contributed by atoms with Crippen LogP contribution in [0.3, 0.4) is 0 Å². The molecule has 0 radical (unpaired) electrons. The Morgan fingerprint density at radius 2 is 0.488 bits per heavy atom. The fourth-order valence-corrected chi connectivity index (χ4v) is 22.9. The minimum atomic E-state index is -2.18. The van der Waals surface area contributed by atoms with Gasteiger partial charge in [0.25, 0.3) is 0 Å². The first-order valence-electron chi connectivity index (χ1n) is 19.1. The van der Waals surface area contributed by atoms with Crippen LogP contribution in [-0.4, -0.2) is 25.2 Å². The minimum Gasteiger partial charge on any atom is -0.436 e. The zero-order chi connectivity index (χ0) is 30.7. The number of rotatable bonds is 32. The van der Waals surface area contributed by atoms with Crippen molar-refractivity contribution >= 4 is 25.2 Å². The summed E-state index contributed by atoms with van der Waals surface area (Å²) in [5.41, 5.74) is 0. The van der Waals surface area contributed by atoms with E-state index in [-0.39, 0.29) is 0 Å². The molecule has 0 aliphatic rings. The van der Waals surface area contributed by atoms with Crippen LogP contribution in [0.15, 0.2) is 0 Å². The van der Waals surface area contributed by atoms with Crippen molar-refractivity contribution < 1.29 is 8.23 Å². The Labute approximate surface area is 264 Å². The summed E-state index contributed by atoms with van der Waals surface area (Å²) in [6.45, 7) is 19.3. The third kappa shape index (κ3) is 25.6. The van der Waals surface area contributed by atoms with Crippen LogP contribution < -0.4 is 0 Å². The number of unbranched alkanes of at least 4 members (excludes halogenated alkanes) is 20. The zero-order valence-corrected chi connectivity index (χ0v) is 33.1. The van der Waals surface area contributed by atoms with Gasteiger partial charge in [-0.2, -0.15) is 0 Å². The van der Waals surface area contributed by atoms with Crippen LogP contribution in [0.25, 0.3) is 0 Å². The molecular weight excluding hydrogens is 549 g/mol. The van der Waals surface area contributed by atoms with E-state index in [9.17, 15) is 0 Å². The van der Waals surface area contributed by atoms with E-state index in [1.165, 1.54) is 178 Å². The molecular formula is C36H80O2Si3. The van der Waals surface area contributed by atoms with Gasteiger partial charge in [-0.05, 0) is 50.4 Å². The van der Waals surface area contributed by atoms with Crippen molar-refractivity contribution in [2.24, 2.45) is 0 Å². The van der Waals surface area contributed by atoms with Gasteiger partial charge in [0.05, 0.1) is 0 Å². The Morgan fingerprint density at radius 3 is 0.707 bits per heavy atom. The van der Waals surface area contributed by atoms with Crippen LogP contribution in [0.4, 0.5) is 0 Å². The number of hydrogen-bond acceptors (Lipinski definition) is 2. The van der Waals surface area contributed by atoms with Crippen molar-refractivity contribution in [2.45, 2.75) is 232 Å². The molecule has 0 saturated carbocycles. The van der Waals surface area contributed by atoms with Crippen LogP contribution in [-0.2, 0) is 8.23 Å². The van der Waals surface area contributed by atoms with E-state index in [1.54, 1.807) is 0 Å². The molecule has 0 rings (SSSR count). The Kier molecular flexibility index (Phi) is 27.3. The summed E-state index contributed by atoms with van der Waals surface area (Å²) >= 11 is 0. The predicted molar refractivity (Wildman–Crippen MR) is 196 cm³/mol. The van der Waals surface area contributed by atoms with Gasteiger partial charge in [-0.3, -0.25) is 0 Å². The molecule has 248 valence electrons. The molecule has 0 fully saturated rings. The van der Waals surface area contributed by atoms with Gasteiger partial charge in [-0.25, -0.2) is 0 Å². The van der Waals surface area contributed by atoms with Crippen LogP contribution >= 0.6 is 0 Å². The topological polar surface area (TPSA) is 18.5 Å². The highest BCUT2D eigenvalue weighted by atomic mass is 28.5. The summed E-state index contributed by atoms with van der Waals surface area (Å²) in [7, 11) is -5.71. The Balaban J connectivity index is 5.22. The molecule has 0 spiro atoms. The van der Waals surface area contributed by atoms with E-state index in [0.29, 0.717) is 0 Å². The lowest BCUT2D eigenvalue weighted by atomic mass is 10.1. The summed E-state index contributed by atoms with van der Waals surface area (Å²) in [6.07, 6.45) is 33.3. The summed E-state index contributed by atoms with van der Waals surface area (Å²) in [5.74, 6) is 0. The highest BCUT2D eigenvalue weighted by molar-refractivity contribution is 6.88. The number of hydrogen-bond donors (Lipinski definition) is 0. The average molecular weight is 629 g/mol. The smallest absolute Gasteiger partial charge is 0.311 e. The monoisotopic (exact) mass is 629 g/mol. The first-order chi connectivity index (χ1) is 19.7. The third-order valence-corrected chi connectivity index (χ3v) is 22.7. The highest BCUT2D eigenvalue weighted by Crippen LogP contribution is 2.33. The van der Waals surface area contributed by atoms with Gasteiger partial charge in [0.15, 0.2) is 16.6 Å². The van der Waals surface area contributed by atoms with Gasteiger partial charge in [0, 0.05) is 0 Å². The molecule has 0 atom stereocenters. The van der Waals surface area contributed by atoms with E-state index in [0.717, 1.165) is 0 Å². The van der Waals surface area contributed by atoms with Crippen molar-refractivity contribution in [1.82, 2.24) is 0 Å². The van der Waals surface area contributed by atoms with E-state index >= 15 is 0 Å². The lowest BCUT2D eigenvalue weighted by Crippen LogP contribution is -2.54. The Bertz CT molecular complexity index is 477. The molecule has 5 heteroatoms. The van der Waals surface area contributed by atoms with Gasteiger partial charge in [-0.1, -0.05) is 182 Å². The second kappa shape index (κ2) is 26.9. The van der Waals surface area contributed by atoms with Crippen LogP contribution in [0.1, 0.15) is 182 Å². The molecule has 0 aliphatic heterocycles. The lowest BCUT2D eigenvalue weighted by Gasteiger charge is -2.42. The summed E-state index contributed by atoms with van der Waals surface area (Å²) in [5, 5.41) is 0. The summed E-state index contributed by atoms with van der Waals surface area (Å²) < 4.78 is 14.8. The molecule has 0 heterocycles. The van der Waals surface area contributed by atoms with Gasteiger partial charge < -0.3 is 8.23 Å². The maximum absolute atomic E-state index is 7.39. The largest absolute Gasteiger partial charge is 0.436 e. The van der Waals surface area contributed by atoms with Crippen LogP contribution in [0.5, 0.6) is 0 Å². The van der Waals surface area contributed by atoms with E-state index in [2.05, 4.69) is 53.9 Å². The van der Waals surface area contributed by atoms with Gasteiger partial charge in [-0.15, -0.1) is 0 Å². The van der Waals surface area contributed by atoms with Gasteiger partial charge in [0.2, 0.25) is 0 Å². The van der Waals surface area contributed by atoms with Gasteiger partial charge >= 0.3 is 8.56 Å². The maximum Gasteiger partial charge on any atom is 0.311 e. The standard InChI is InChI=1S/C36H80O2Si3/c1-9-13-17-21-25-29-33-40(7,34-30-26-22-18-14-10-2)37-39(5,6)38-41(8,35-31-27-23-19-15-11-3)36-32-28-24-20-16-12-4/h9-36H2,1-8H3. The van der Waals surface area contributed by atoms with Crippen molar-refractivity contribution in [2.75, 3.05) is 0 Å². The average Bonchev–Trinajstić information content (AvgIpc) is 2.91. The van der Waals surface area contributed by atoms with E-state index in [1.807, 2.05) is 0 Å². The first-order valence-corrected chi connectivity index (χ1v) is 27.5. The van der Waals surface area contributed by atoms with Gasteiger partial charge in [0.1, 0.15) is 0 Å². The van der Waals surface area contributed by atoms with Crippen LogP contribution in [0, 0.1) is 0 Å². The molecule has 41 heavy (non-hydrogen) atoms. The highest BCUT2D eigenvalue weighted by Gasteiger charge is 2.42. The molecule has 0 aromatic heterocycles. The molecule has 0 bridgehead atoms. The van der Waals surface area contributed by atoms with E-state index < -0.39 is 25.2 Å². The SMILES string of the molecule is CCCCCCCC[Si](C)(CCCCCCCC)O[Si](C)(C)O[Si](C)(CCCCCCCC)CCCCCCCC. The molecule has 0 unspecified atom stereocenters. The predicted octanol–water partition coefficient (Wildman–Crippen LogP) is 14.3. The Hall–Kier alpha value is 0.571. The molecule has 2 nitrogen and oxygen atoms in total. The zero-order valence-electron chi connectivity index (χ0n) is 30.1. The summed E-state index contributed by atoms with van der Waals surface area (Å²) in [4.78, 5) is 0. The normalized spacial score (nSPS) is 12.9. The lowest BCUT2D eigenvalue weighted by molar-refractivity contribution is 0.375. The molecule has 0 N–H and O–H groups in total. The molecule has 0 aliphatic carbocycles. The maximum atomic E-state index is 7.39. The van der Waals surface area contributed by atoms with Crippen molar-refractivity contribution in [3.63, 3.8) is 0 Å². The fourth-order valence-electron chi connectivity index (χ4n) is 6.78. The quantitative estimate of drug-likeness (QED) is 0.0545. The van der Waals surface area contributed by atoms with Crippen LogP contribution in [0.2, 0.25) is 50.4 Å². The Morgan fingerprint density at radius 1 is 0.293 bits per heavy atom. The van der Waals surface area contributed by atoms with Crippen molar-refractivity contribution in [3.05, 3.63) is 0 Å². The molecule has 0 aromatic rings. The molecule has 0 saturated heterocycles. The minimum absolute atomic E-state index is 1.34. The third-order valence-electron chi connectivity index (χ3n) is 9.22. The fraction of sp³-hybridized carbons (Fsp3) is 1.00. The second-order valence-corrected chi connectivity index (χ2v) is 26.8. The first kappa shape index (κ1) is 41.6. The van der Waals surface area contributed by atoms with Crippen molar-refractivity contribution in [3.8, 4) is 0 Å². The summed E-state index contributed by atoms with van der Waals surface area (Å²) in [6, 6.07) is 5.39. The van der Waals surface area contributed by atoms with E-state index in [4.69, 9.17) is 8.23 Å². The molecule has 0 amide bonds. The molecule has 0 aromatic carbocycles. The second-order valence-electron chi connectivity index (χ2n) is 14.6. The van der Waals surface area contributed by atoms with Crippen molar-refractivity contribution in [1.29, 1.82) is 0 Å².